The number of likely N-dealkylation sites (tertiary alicyclic amines) is 1. The third kappa shape index (κ3) is 4.03. The molecule has 116 valence electrons. The van der Waals surface area contributed by atoms with Gasteiger partial charge in [-0.3, -0.25) is 0 Å². The van der Waals surface area contributed by atoms with Crippen LogP contribution in [-0.2, 0) is 4.74 Å². The fourth-order valence-corrected chi connectivity index (χ4v) is 2.60. The Hall–Kier alpha value is -1.91. The van der Waals surface area contributed by atoms with Gasteiger partial charge in [-0.1, -0.05) is 6.08 Å². The van der Waals surface area contributed by atoms with Gasteiger partial charge in [-0.15, -0.1) is 0 Å². The topological polar surface area (TPSA) is 58.8 Å². The minimum absolute atomic E-state index is 0.218. The molecule has 2 aliphatic heterocycles. The average molecular weight is 291 g/mol. The van der Waals surface area contributed by atoms with Crippen molar-refractivity contribution < 1.29 is 9.53 Å². The summed E-state index contributed by atoms with van der Waals surface area (Å²) < 4.78 is 5.42. The second kappa shape index (κ2) is 6.24. The Morgan fingerprint density at radius 2 is 2.00 bits per heavy atom. The Bertz CT molecular complexity index is 466. The van der Waals surface area contributed by atoms with Crippen molar-refractivity contribution in [3.05, 3.63) is 36.3 Å². The van der Waals surface area contributed by atoms with Crippen LogP contribution in [0.5, 0.6) is 0 Å². The van der Waals surface area contributed by atoms with Crippen LogP contribution in [0.4, 0.5) is 4.79 Å². The van der Waals surface area contributed by atoms with Crippen LogP contribution < -0.4 is 5.73 Å². The maximum Gasteiger partial charge on any atom is 0.410 e. The highest BCUT2D eigenvalue weighted by Gasteiger charge is 2.29. The summed E-state index contributed by atoms with van der Waals surface area (Å²) in [5, 5.41) is 0. The van der Waals surface area contributed by atoms with Crippen molar-refractivity contribution in [1.29, 1.82) is 0 Å². The van der Waals surface area contributed by atoms with Crippen LogP contribution in [0.1, 0.15) is 33.6 Å². The number of rotatable bonds is 1. The van der Waals surface area contributed by atoms with Gasteiger partial charge in [0.05, 0.1) is 5.70 Å². The number of carbonyl (C=O) groups excluding carboxylic acids is 1. The van der Waals surface area contributed by atoms with E-state index < -0.39 is 5.60 Å². The quantitative estimate of drug-likeness (QED) is 0.806. The zero-order valence-corrected chi connectivity index (χ0v) is 13.1. The van der Waals surface area contributed by atoms with Crippen LogP contribution in [0.2, 0.25) is 0 Å². The van der Waals surface area contributed by atoms with Crippen LogP contribution in [0.25, 0.3) is 0 Å². The number of hydrogen-bond donors (Lipinski definition) is 1. The number of nitrogens with zero attached hydrogens (tertiary/aromatic N) is 2. The summed E-state index contributed by atoms with van der Waals surface area (Å²) in [6.07, 6.45) is 11.3. The molecule has 0 aliphatic carbocycles. The molecule has 0 unspecified atom stereocenters. The molecule has 0 atom stereocenters. The third-order valence-electron chi connectivity index (χ3n) is 3.60. The molecule has 0 saturated carbocycles. The molecule has 0 aromatic heterocycles. The highest BCUT2D eigenvalue weighted by Crippen LogP contribution is 2.24. The third-order valence-corrected chi connectivity index (χ3v) is 3.60. The standard InChI is InChI=1S/C16H25N3O2/c1-16(2,3)21-15(20)18-10-7-13(8-11-18)19-9-5-4-6-14(19)12-17/h4-6,9,12-13H,7-8,10-11,17H2,1-3H3. The van der Waals surface area contributed by atoms with Gasteiger partial charge in [0, 0.05) is 31.5 Å². The highest BCUT2D eigenvalue weighted by molar-refractivity contribution is 5.68. The van der Waals surface area contributed by atoms with E-state index in [0.717, 1.165) is 18.5 Å². The normalized spacial score (nSPS) is 22.0. The van der Waals surface area contributed by atoms with Crippen molar-refractivity contribution in [2.45, 2.75) is 45.3 Å². The zero-order chi connectivity index (χ0) is 15.5. The van der Waals surface area contributed by atoms with Crippen LogP contribution in [-0.4, -0.2) is 40.6 Å². The summed E-state index contributed by atoms with van der Waals surface area (Å²) >= 11 is 0. The zero-order valence-electron chi connectivity index (χ0n) is 13.1. The molecule has 0 spiro atoms. The van der Waals surface area contributed by atoms with E-state index in [9.17, 15) is 4.79 Å². The van der Waals surface area contributed by atoms with Gasteiger partial charge in [-0.2, -0.15) is 0 Å². The van der Waals surface area contributed by atoms with E-state index in [4.69, 9.17) is 10.5 Å². The first kappa shape index (κ1) is 15.5. The Kier molecular flexibility index (Phi) is 4.60. The molecule has 2 rings (SSSR count). The summed E-state index contributed by atoms with van der Waals surface area (Å²) in [6.45, 7) is 7.10. The van der Waals surface area contributed by atoms with E-state index in [1.54, 1.807) is 11.1 Å². The van der Waals surface area contributed by atoms with E-state index in [1.165, 1.54) is 0 Å². The number of hydrogen-bond acceptors (Lipinski definition) is 4. The number of allylic oxidation sites excluding steroid dienone is 3. The average Bonchev–Trinajstić information content (AvgIpc) is 2.45. The molecule has 2 aliphatic rings. The van der Waals surface area contributed by atoms with Gasteiger partial charge in [0.2, 0.25) is 0 Å². The Morgan fingerprint density at radius 3 is 2.57 bits per heavy atom. The van der Waals surface area contributed by atoms with Crippen molar-refractivity contribution in [1.82, 2.24) is 9.80 Å². The monoisotopic (exact) mass is 291 g/mol. The van der Waals surface area contributed by atoms with Crippen molar-refractivity contribution in [3.63, 3.8) is 0 Å². The summed E-state index contributed by atoms with van der Waals surface area (Å²) in [7, 11) is 0. The Labute approximate surface area is 126 Å². The summed E-state index contributed by atoms with van der Waals surface area (Å²) in [5.41, 5.74) is 6.24. The fraction of sp³-hybridized carbons (Fsp3) is 0.562. The first-order valence-corrected chi connectivity index (χ1v) is 7.44. The number of nitrogens with two attached hydrogens (primary N) is 1. The summed E-state index contributed by atoms with van der Waals surface area (Å²) in [4.78, 5) is 16.0. The first-order chi connectivity index (χ1) is 9.90. The van der Waals surface area contributed by atoms with Crippen LogP contribution in [0, 0.1) is 0 Å². The van der Waals surface area contributed by atoms with Gasteiger partial charge in [0.25, 0.3) is 0 Å². The van der Waals surface area contributed by atoms with Gasteiger partial charge >= 0.3 is 6.09 Å². The fourth-order valence-electron chi connectivity index (χ4n) is 2.60. The first-order valence-electron chi connectivity index (χ1n) is 7.44. The van der Waals surface area contributed by atoms with Crippen LogP contribution in [0.15, 0.2) is 36.3 Å². The molecule has 21 heavy (non-hydrogen) atoms. The lowest BCUT2D eigenvalue weighted by atomic mass is 10.0. The van der Waals surface area contributed by atoms with Gasteiger partial charge in [0.1, 0.15) is 5.60 Å². The van der Waals surface area contributed by atoms with Crippen molar-refractivity contribution in [2.24, 2.45) is 5.73 Å². The highest BCUT2D eigenvalue weighted by atomic mass is 16.6. The van der Waals surface area contributed by atoms with Gasteiger partial charge < -0.3 is 20.3 Å². The Morgan fingerprint density at radius 1 is 1.33 bits per heavy atom. The minimum atomic E-state index is -0.441. The van der Waals surface area contributed by atoms with E-state index in [0.29, 0.717) is 19.1 Å². The van der Waals surface area contributed by atoms with Crippen LogP contribution in [0.3, 0.4) is 0 Å². The molecule has 2 heterocycles. The number of ether oxygens (including phenoxy) is 1. The number of carbonyl (C=O) groups is 1. The Balaban J connectivity index is 1.90. The van der Waals surface area contributed by atoms with Crippen LogP contribution >= 0.6 is 0 Å². The lowest BCUT2D eigenvalue weighted by Crippen LogP contribution is -2.46. The molecule has 5 nitrogen and oxygen atoms in total. The number of amides is 1. The van der Waals surface area contributed by atoms with Gasteiger partial charge in [0.15, 0.2) is 0 Å². The van der Waals surface area contributed by atoms with E-state index >= 15 is 0 Å². The molecule has 2 N–H and O–H groups in total. The minimum Gasteiger partial charge on any atom is -0.444 e. The predicted octanol–water partition coefficient (Wildman–Crippen LogP) is 2.57. The van der Waals surface area contributed by atoms with Crippen molar-refractivity contribution >= 4 is 6.09 Å². The molecule has 0 bridgehead atoms. The molecular weight excluding hydrogens is 266 g/mol. The molecule has 1 fully saturated rings. The lowest BCUT2D eigenvalue weighted by Gasteiger charge is -2.39. The molecule has 5 heteroatoms. The predicted molar refractivity (Wildman–Crippen MR) is 83.2 cm³/mol. The number of piperidine rings is 1. The molecule has 0 aromatic carbocycles. The van der Waals surface area contributed by atoms with Crippen molar-refractivity contribution in [3.8, 4) is 0 Å². The SMILES string of the molecule is CC(C)(C)OC(=O)N1CCC(N2C=CC=CC2=CN)CC1. The molecule has 1 saturated heterocycles. The maximum atomic E-state index is 12.1. The smallest absolute Gasteiger partial charge is 0.410 e. The van der Waals surface area contributed by atoms with Crippen molar-refractivity contribution in [2.75, 3.05) is 13.1 Å². The molecule has 1 amide bonds. The molecule has 0 radical (unpaired) electrons. The largest absolute Gasteiger partial charge is 0.444 e. The maximum absolute atomic E-state index is 12.1. The van der Waals surface area contributed by atoms with Gasteiger partial charge in [-0.25, -0.2) is 4.79 Å². The molecular formula is C16H25N3O2. The second-order valence-electron chi connectivity index (χ2n) is 6.40. The van der Waals surface area contributed by atoms with E-state index in [1.807, 2.05) is 45.2 Å². The van der Waals surface area contributed by atoms with E-state index in [2.05, 4.69) is 4.90 Å². The second-order valence-corrected chi connectivity index (χ2v) is 6.40. The van der Waals surface area contributed by atoms with Gasteiger partial charge in [-0.05, 0) is 45.8 Å². The van der Waals surface area contributed by atoms with E-state index in [-0.39, 0.29) is 6.09 Å². The summed E-state index contributed by atoms with van der Waals surface area (Å²) in [6, 6.07) is 0.375. The molecule has 0 aromatic rings. The summed E-state index contributed by atoms with van der Waals surface area (Å²) in [5.74, 6) is 0. The lowest BCUT2D eigenvalue weighted by molar-refractivity contribution is 0.0176.